The minimum Gasteiger partial charge on any atom is -0.378 e. The first-order chi connectivity index (χ1) is 9.82. The van der Waals surface area contributed by atoms with Crippen LogP contribution in [-0.4, -0.2) is 37.9 Å². The van der Waals surface area contributed by atoms with E-state index < -0.39 is 0 Å². The molecule has 0 aliphatic carbocycles. The molecule has 1 aliphatic heterocycles. The number of benzene rings is 1. The Kier molecular flexibility index (Phi) is 4.02. The first-order valence-electron chi connectivity index (χ1n) is 6.86. The first-order valence-corrected chi connectivity index (χ1v) is 6.86. The third kappa shape index (κ3) is 2.77. The Hall–Kier alpha value is -2.30. The molecule has 0 radical (unpaired) electrons. The van der Waals surface area contributed by atoms with Crippen LogP contribution in [0.5, 0.6) is 0 Å². The normalized spacial score (nSPS) is 18.6. The van der Waals surface area contributed by atoms with Crippen molar-refractivity contribution in [3.8, 4) is 0 Å². The molecule has 0 fully saturated rings. The maximum absolute atomic E-state index is 12.0. The molecule has 5 heteroatoms. The minimum atomic E-state index is -0.387. The fraction of sp³-hybridized carbons (Fsp3) is 0.375. The van der Waals surface area contributed by atoms with Gasteiger partial charge in [0.25, 0.3) is 0 Å². The largest absolute Gasteiger partial charge is 0.378 e. The van der Waals surface area contributed by atoms with Gasteiger partial charge in [-0.3, -0.25) is 4.79 Å². The number of hydrogen-bond acceptors (Lipinski definition) is 3. The third-order valence-corrected chi connectivity index (χ3v) is 3.88. The van der Waals surface area contributed by atoms with Gasteiger partial charge < -0.3 is 15.1 Å². The predicted octanol–water partition coefficient (Wildman–Crippen LogP) is 2.31. The highest BCUT2D eigenvalue weighted by Gasteiger charge is 2.32. The molecule has 1 aromatic rings. The van der Waals surface area contributed by atoms with Gasteiger partial charge in [0.15, 0.2) is 5.78 Å². The van der Waals surface area contributed by atoms with Crippen LogP contribution in [0.2, 0.25) is 0 Å². The lowest BCUT2D eigenvalue weighted by Gasteiger charge is -2.33. The van der Waals surface area contributed by atoms with Crippen molar-refractivity contribution in [1.29, 1.82) is 0 Å². The summed E-state index contributed by atoms with van der Waals surface area (Å²) in [6.07, 6.45) is 0. The minimum absolute atomic E-state index is 0.0268. The Bertz CT molecular complexity index is 602. The van der Waals surface area contributed by atoms with Gasteiger partial charge in [0, 0.05) is 38.1 Å². The van der Waals surface area contributed by atoms with Crippen molar-refractivity contribution in [2.75, 3.05) is 26.0 Å². The molecule has 2 rings (SSSR count). The summed E-state index contributed by atoms with van der Waals surface area (Å²) in [5.74, 6) is -0.0268. The summed E-state index contributed by atoms with van der Waals surface area (Å²) >= 11 is 0. The lowest BCUT2D eigenvalue weighted by molar-refractivity contribution is -0.114. The number of Topliss-reactive ketones (excluding diaryl/α,β-unsaturated/α-hetero) is 1. The Morgan fingerprint density at radius 2 is 1.81 bits per heavy atom. The van der Waals surface area contributed by atoms with E-state index in [2.05, 4.69) is 5.32 Å². The van der Waals surface area contributed by atoms with Gasteiger partial charge in [0.1, 0.15) is 0 Å². The molecule has 5 nitrogen and oxygen atoms in total. The first kappa shape index (κ1) is 15.1. The molecule has 1 aliphatic rings. The molecule has 112 valence electrons. The van der Waals surface area contributed by atoms with Gasteiger partial charge in [-0.2, -0.15) is 0 Å². The molecule has 0 unspecified atom stereocenters. The second-order valence-corrected chi connectivity index (χ2v) is 5.48. The van der Waals surface area contributed by atoms with Crippen molar-refractivity contribution in [1.82, 2.24) is 10.2 Å². The van der Waals surface area contributed by atoms with Crippen molar-refractivity contribution in [2.24, 2.45) is 0 Å². The number of hydrogen-bond donors (Lipinski definition) is 1. The highest BCUT2D eigenvalue weighted by atomic mass is 16.2. The summed E-state index contributed by atoms with van der Waals surface area (Å²) in [6.45, 7) is 3.34. The third-order valence-electron chi connectivity index (χ3n) is 3.88. The Morgan fingerprint density at radius 3 is 2.29 bits per heavy atom. The Balaban J connectivity index is 2.45. The lowest BCUT2D eigenvalue weighted by Crippen LogP contribution is -2.45. The van der Waals surface area contributed by atoms with E-state index in [0.717, 1.165) is 11.3 Å². The SMILES string of the molecule is CC(=O)C1=C(C)N(C)C(=O)N[C@@H]1c1ccc(N(C)C)cc1. The van der Waals surface area contributed by atoms with E-state index in [0.29, 0.717) is 11.3 Å². The molecule has 0 saturated heterocycles. The standard InChI is InChI=1S/C16H21N3O2/c1-10-14(11(2)20)15(17-16(21)19(10)5)12-6-8-13(9-7-12)18(3)4/h6-9,15H,1-5H3,(H,17,21)/t15-/m1/s1. The van der Waals surface area contributed by atoms with Gasteiger partial charge in [0.2, 0.25) is 0 Å². The number of nitrogens with one attached hydrogen (secondary N) is 1. The Labute approximate surface area is 125 Å². The number of urea groups is 1. The number of carbonyl (C=O) groups excluding carboxylic acids is 2. The van der Waals surface area contributed by atoms with Crippen LogP contribution in [0.3, 0.4) is 0 Å². The smallest absolute Gasteiger partial charge is 0.322 e. The molecule has 1 N–H and O–H groups in total. The molecule has 0 saturated carbocycles. The second kappa shape index (κ2) is 5.60. The van der Waals surface area contributed by atoms with Gasteiger partial charge in [0.05, 0.1) is 6.04 Å². The van der Waals surface area contributed by atoms with Crippen LogP contribution in [0.1, 0.15) is 25.5 Å². The van der Waals surface area contributed by atoms with Gasteiger partial charge in [-0.05, 0) is 31.5 Å². The molecular formula is C16H21N3O2. The predicted molar refractivity (Wildman–Crippen MR) is 83.2 cm³/mol. The van der Waals surface area contributed by atoms with E-state index >= 15 is 0 Å². The quantitative estimate of drug-likeness (QED) is 0.928. The Morgan fingerprint density at radius 1 is 1.24 bits per heavy atom. The summed E-state index contributed by atoms with van der Waals surface area (Å²) in [5, 5.41) is 2.89. The molecule has 2 amide bonds. The van der Waals surface area contributed by atoms with E-state index in [4.69, 9.17) is 0 Å². The van der Waals surface area contributed by atoms with Gasteiger partial charge >= 0.3 is 6.03 Å². The van der Waals surface area contributed by atoms with Gasteiger partial charge in [-0.25, -0.2) is 4.79 Å². The molecule has 1 atom stereocenters. The number of rotatable bonds is 3. The van der Waals surface area contributed by atoms with Crippen molar-refractivity contribution < 1.29 is 9.59 Å². The molecule has 1 heterocycles. The van der Waals surface area contributed by atoms with Crippen LogP contribution in [-0.2, 0) is 4.79 Å². The lowest BCUT2D eigenvalue weighted by atomic mass is 9.92. The van der Waals surface area contributed by atoms with E-state index in [9.17, 15) is 9.59 Å². The summed E-state index contributed by atoms with van der Waals surface area (Å²) in [7, 11) is 5.60. The average Bonchev–Trinajstić information content (AvgIpc) is 2.44. The maximum Gasteiger partial charge on any atom is 0.322 e. The number of allylic oxidation sites excluding steroid dienone is 1. The van der Waals surface area contributed by atoms with Crippen LogP contribution in [0.25, 0.3) is 0 Å². The summed E-state index contributed by atoms with van der Waals surface area (Å²) in [4.78, 5) is 27.4. The van der Waals surface area contributed by atoms with E-state index in [1.54, 1.807) is 14.0 Å². The van der Waals surface area contributed by atoms with Crippen LogP contribution < -0.4 is 10.2 Å². The van der Waals surface area contributed by atoms with E-state index in [1.165, 1.54) is 11.8 Å². The van der Waals surface area contributed by atoms with E-state index in [-0.39, 0.29) is 17.9 Å². The van der Waals surface area contributed by atoms with Crippen molar-refractivity contribution >= 4 is 17.5 Å². The number of carbonyl (C=O) groups is 2. The van der Waals surface area contributed by atoms with Crippen molar-refractivity contribution in [2.45, 2.75) is 19.9 Å². The average molecular weight is 287 g/mol. The molecule has 0 aromatic heterocycles. The molecular weight excluding hydrogens is 266 g/mol. The van der Waals surface area contributed by atoms with E-state index in [1.807, 2.05) is 43.3 Å². The molecule has 0 spiro atoms. The van der Waals surface area contributed by atoms with Crippen LogP contribution >= 0.6 is 0 Å². The number of ketones is 1. The molecule has 0 bridgehead atoms. The highest BCUT2D eigenvalue weighted by molar-refractivity contribution is 5.98. The van der Waals surface area contributed by atoms with Gasteiger partial charge in [-0.1, -0.05) is 12.1 Å². The fourth-order valence-corrected chi connectivity index (χ4v) is 2.51. The van der Waals surface area contributed by atoms with Crippen LogP contribution in [0.4, 0.5) is 10.5 Å². The zero-order valence-electron chi connectivity index (χ0n) is 13.1. The van der Waals surface area contributed by atoms with Crippen molar-refractivity contribution in [3.05, 3.63) is 41.1 Å². The second-order valence-electron chi connectivity index (χ2n) is 5.48. The summed E-state index contributed by atoms with van der Waals surface area (Å²) in [6, 6.07) is 7.27. The van der Waals surface area contributed by atoms with Crippen molar-refractivity contribution in [3.63, 3.8) is 0 Å². The zero-order chi connectivity index (χ0) is 15.7. The summed E-state index contributed by atoms with van der Waals surface area (Å²) < 4.78 is 0. The van der Waals surface area contributed by atoms with Crippen LogP contribution in [0.15, 0.2) is 35.5 Å². The number of nitrogens with zero attached hydrogens (tertiary/aromatic N) is 2. The van der Waals surface area contributed by atoms with Crippen LogP contribution in [0, 0.1) is 0 Å². The molecule has 1 aromatic carbocycles. The maximum atomic E-state index is 12.0. The topological polar surface area (TPSA) is 52.7 Å². The monoisotopic (exact) mass is 287 g/mol. The number of anilines is 1. The highest BCUT2D eigenvalue weighted by Crippen LogP contribution is 2.31. The summed E-state index contributed by atoms with van der Waals surface area (Å²) in [5.41, 5.74) is 3.32. The number of amides is 2. The zero-order valence-corrected chi connectivity index (χ0v) is 13.1. The molecule has 21 heavy (non-hydrogen) atoms. The van der Waals surface area contributed by atoms with Gasteiger partial charge in [-0.15, -0.1) is 0 Å². The fourth-order valence-electron chi connectivity index (χ4n) is 2.51.